The molecule has 0 bridgehead atoms. The number of hydrogen-bond donors (Lipinski definition) is 1. The fourth-order valence-corrected chi connectivity index (χ4v) is 1.71. The number of rotatable bonds is 6. The van der Waals surface area contributed by atoms with Gasteiger partial charge in [-0.15, -0.1) is 0 Å². The molecule has 1 atom stereocenters. The van der Waals surface area contributed by atoms with E-state index in [1.807, 2.05) is 6.92 Å². The summed E-state index contributed by atoms with van der Waals surface area (Å²) in [5.41, 5.74) is 0. The van der Waals surface area contributed by atoms with Gasteiger partial charge in [-0.2, -0.15) is 0 Å². The maximum atomic E-state index is 12.0. The molecule has 6 nitrogen and oxygen atoms in total. The molecular formula is C12H22N2O4. The van der Waals surface area contributed by atoms with E-state index in [0.29, 0.717) is 32.9 Å². The third-order valence-electron chi connectivity index (χ3n) is 2.65. The lowest BCUT2D eigenvalue weighted by Gasteiger charge is -2.29. The Bertz CT molecular complexity index is 277. The average Bonchev–Trinajstić information content (AvgIpc) is 2.39. The van der Waals surface area contributed by atoms with E-state index < -0.39 is 6.04 Å². The van der Waals surface area contributed by atoms with Gasteiger partial charge in [-0.25, -0.2) is 0 Å². The van der Waals surface area contributed by atoms with Crippen molar-refractivity contribution < 1.29 is 19.1 Å². The van der Waals surface area contributed by atoms with Crippen LogP contribution in [0.1, 0.15) is 20.3 Å². The summed E-state index contributed by atoms with van der Waals surface area (Å²) >= 11 is 0. The lowest BCUT2D eigenvalue weighted by molar-refractivity contribution is -0.140. The molecule has 0 radical (unpaired) electrons. The minimum atomic E-state index is -0.513. The van der Waals surface area contributed by atoms with Crippen LogP contribution in [0.15, 0.2) is 0 Å². The predicted octanol–water partition coefficient (Wildman–Crippen LogP) is -0.223. The van der Waals surface area contributed by atoms with Crippen molar-refractivity contribution in [2.45, 2.75) is 26.3 Å². The van der Waals surface area contributed by atoms with E-state index in [0.717, 1.165) is 6.42 Å². The third kappa shape index (κ3) is 5.01. The molecule has 1 fully saturated rings. The molecule has 0 saturated carbocycles. The minimum Gasteiger partial charge on any atom is -0.378 e. The first-order valence-corrected chi connectivity index (χ1v) is 6.38. The van der Waals surface area contributed by atoms with E-state index in [4.69, 9.17) is 9.47 Å². The Balaban J connectivity index is 2.27. The van der Waals surface area contributed by atoms with Gasteiger partial charge >= 0.3 is 0 Å². The number of carbonyl (C=O) groups is 2. The molecule has 2 amide bonds. The molecule has 1 unspecified atom stereocenters. The van der Waals surface area contributed by atoms with Gasteiger partial charge in [0.1, 0.15) is 12.6 Å². The number of amides is 2. The summed E-state index contributed by atoms with van der Waals surface area (Å²) in [5.74, 6) is -0.320. The topological polar surface area (TPSA) is 67.9 Å². The van der Waals surface area contributed by atoms with Crippen LogP contribution in [0.2, 0.25) is 0 Å². The van der Waals surface area contributed by atoms with Crippen LogP contribution in [0.3, 0.4) is 0 Å². The van der Waals surface area contributed by atoms with Crippen LogP contribution in [0.25, 0.3) is 0 Å². The van der Waals surface area contributed by atoms with Crippen LogP contribution < -0.4 is 5.32 Å². The summed E-state index contributed by atoms with van der Waals surface area (Å²) in [4.78, 5) is 25.2. The summed E-state index contributed by atoms with van der Waals surface area (Å²) in [5, 5.41) is 2.64. The van der Waals surface area contributed by atoms with Gasteiger partial charge < -0.3 is 19.7 Å². The van der Waals surface area contributed by atoms with Crippen molar-refractivity contribution in [2.75, 3.05) is 39.5 Å². The van der Waals surface area contributed by atoms with E-state index >= 15 is 0 Å². The van der Waals surface area contributed by atoms with Gasteiger partial charge in [-0.3, -0.25) is 9.59 Å². The Kier molecular flexibility index (Phi) is 6.67. The lowest BCUT2D eigenvalue weighted by Crippen LogP contribution is -2.51. The second-order valence-electron chi connectivity index (χ2n) is 4.28. The monoisotopic (exact) mass is 258 g/mol. The first-order valence-electron chi connectivity index (χ1n) is 6.38. The number of morpholine rings is 1. The van der Waals surface area contributed by atoms with Crippen LogP contribution in [-0.4, -0.2) is 62.3 Å². The Morgan fingerprint density at radius 1 is 1.39 bits per heavy atom. The second kappa shape index (κ2) is 8.05. The summed E-state index contributed by atoms with van der Waals surface area (Å²) in [6, 6.07) is -0.513. The molecule has 1 N–H and O–H groups in total. The summed E-state index contributed by atoms with van der Waals surface area (Å²) < 4.78 is 10.3. The van der Waals surface area contributed by atoms with E-state index in [2.05, 4.69) is 5.32 Å². The maximum Gasteiger partial charge on any atom is 0.246 e. The van der Waals surface area contributed by atoms with Crippen molar-refractivity contribution in [3.05, 3.63) is 0 Å². The van der Waals surface area contributed by atoms with Crippen LogP contribution in [-0.2, 0) is 19.1 Å². The molecule has 1 aliphatic heterocycles. The molecule has 0 aromatic carbocycles. The van der Waals surface area contributed by atoms with Gasteiger partial charge in [-0.1, -0.05) is 6.92 Å². The quantitative estimate of drug-likeness (QED) is 0.669. The molecule has 18 heavy (non-hydrogen) atoms. The van der Waals surface area contributed by atoms with Crippen LogP contribution in [0.4, 0.5) is 0 Å². The standard InChI is InChI=1S/C12H22N2O4/c1-3-6-18-9-11(15)13-10(2)12(16)14-4-7-17-8-5-14/h10H,3-9H2,1-2H3,(H,13,15). The smallest absolute Gasteiger partial charge is 0.246 e. The number of nitrogens with zero attached hydrogens (tertiary/aromatic N) is 1. The molecule has 0 aromatic heterocycles. The van der Waals surface area contributed by atoms with Crippen molar-refractivity contribution in [2.24, 2.45) is 0 Å². The summed E-state index contributed by atoms with van der Waals surface area (Å²) in [7, 11) is 0. The molecular weight excluding hydrogens is 236 g/mol. The van der Waals surface area contributed by atoms with E-state index in [1.165, 1.54) is 0 Å². The predicted molar refractivity (Wildman–Crippen MR) is 66.1 cm³/mol. The van der Waals surface area contributed by atoms with Crippen LogP contribution >= 0.6 is 0 Å². The average molecular weight is 258 g/mol. The Morgan fingerprint density at radius 2 is 2.06 bits per heavy atom. The number of nitrogens with one attached hydrogen (secondary N) is 1. The highest BCUT2D eigenvalue weighted by Gasteiger charge is 2.23. The molecule has 0 spiro atoms. The van der Waals surface area contributed by atoms with Crippen molar-refractivity contribution in [1.29, 1.82) is 0 Å². The van der Waals surface area contributed by atoms with Gasteiger partial charge in [0.25, 0.3) is 0 Å². The molecule has 1 heterocycles. The fraction of sp³-hybridized carbons (Fsp3) is 0.833. The number of ether oxygens (including phenoxy) is 2. The van der Waals surface area contributed by atoms with Crippen molar-refractivity contribution in [3.8, 4) is 0 Å². The van der Waals surface area contributed by atoms with Gasteiger partial charge in [0.15, 0.2) is 0 Å². The maximum absolute atomic E-state index is 12.0. The van der Waals surface area contributed by atoms with Gasteiger partial charge in [0, 0.05) is 19.7 Å². The van der Waals surface area contributed by atoms with Gasteiger partial charge in [0.2, 0.25) is 11.8 Å². The number of hydrogen-bond acceptors (Lipinski definition) is 4. The normalized spacial score (nSPS) is 17.3. The molecule has 1 aliphatic rings. The Morgan fingerprint density at radius 3 is 2.67 bits per heavy atom. The highest BCUT2D eigenvalue weighted by atomic mass is 16.5. The van der Waals surface area contributed by atoms with Crippen LogP contribution in [0, 0.1) is 0 Å². The van der Waals surface area contributed by atoms with Gasteiger partial charge in [-0.05, 0) is 13.3 Å². The molecule has 104 valence electrons. The molecule has 0 aromatic rings. The summed E-state index contributed by atoms with van der Waals surface area (Å²) in [6.45, 7) is 6.53. The Hall–Kier alpha value is -1.14. The molecule has 6 heteroatoms. The van der Waals surface area contributed by atoms with E-state index in [1.54, 1.807) is 11.8 Å². The van der Waals surface area contributed by atoms with Crippen molar-refractivity contribution >= 4 is 11.8 Å². The largest absolute Gasteiger partial charge is 0.378 e. The first kappa shape index (κ1) is 14.9. The van der Waals surface area contributed by atoms with E-state index in [9.17, 15) is 9.59 Å². The Labute approximate surface area is 108 Å². The van der Waals surface area contributed by atoms with Gasteiger partial charge in [0.05, 0.1) is 13.2 Å². The molecule has 1 saturated heterocycles. The highest BCUT2D eigenvalue weighted by molar-refractivity contribution is 5.87. The fourth-order valence-electron chi connectivity index (χ4n) is 1.71. The minimum absolute atomic E-state index is 0.00850. The zero-order valence-electron chi connectivity index (χ0n) is 11.1. The third-order valence-corrected chi connectivity index (χ3v) is 2.65. The zero-order valence-corrected chi connectivity index (χ0v) is 11.1. The lowest BCUT2D eigenvalue weighted by atomic mass is 10.2. The molecule has 0 aliphatic carbocycles. The van der Waals surface area contributed by atoms with Crippen molar-refractivity contribution in [3.63, 3.8) is 0 Å². The van der Waals surface area contributed by atoms with Crippen molar-refractivity contribution in [1.82, 2.24) is 10.2 Å². The van der Waals surface area contributed by atoms with Crippen LogP contribution in [0.5, 0.6) is 0 Å². The first-order chi connectivity index (χ1) is 8.65. The summed E-state index contributed by atoms with van der Waals surface area (Å²) in [6.07, 6.45) is 0.871. The molecule has 1 rings (SSSR count). The zero-order chi connectivity index (χ0) is 13.4. The highest BCUT2D eigenvalue weighted by Crippen LogP contribution is 2.00. The SMILES string of the molecule is CCCOCC(=O)NC(C)C(=O)N1CCOCC1. The van der Waals surface area contributed by atoms with E-state index in [-0.39, 0.29) is 18.4 Å². The second-order valence-corrected chi connectivity index (χ2v) is 4.28. The number of carbonyl (C=O) groups excluding carboxylic acids is 2.